The van der Waals surface area contributed by atoms with Gasteiger partial charge in [0, 0.05) is 10.6 Å². The maximum atomic E-state index is 13.2. The lowest BCUT2D eigenvalue weighted by atomic mass is 10.1. The topological polar surface area (TPSA) is 117 Å². The van der Waals surface area contributed by atoms with Gasteiger partial charge in [-0.1, -0.05) is 29.8 Å². The summed E-state index contributed by atoms with van der Waals surface area (Å²) in [5, 5.41) is 18.6. The van der Waals surface area contributed by atoms with Crippen molar-refractivity contribution in [2.45, 2.75) is 39.2 Å². The van der Waals surface area contributed by atoms with Gasteiger partial charge in [-0.25, -0.2) is 23.9 Å². The lowest BCUT2D eigenvalue weighted by Crippen LogP contribution is -2.37. The Morgan fingerprint density at radius 2 is 1.74 bits per heavy atom. The lowest BCUT2D eigenvalue weighted by Gasteiger charge is -2.15. The van der Waals surface area contributed by atoms with Crippen LogP contribution in [0.25, 0.3) is 17.1 Å². The Balaban J connectivity index is 1.81. The molecule has 0 spiro atoms. The van der Waals surface area contributed by atoms with Gasteiger partial charge in [0.15, 0.2) is 17.8 Å². The number of hydrogen-bond donors (Lipinski definition) is 1. The molecule has 0 saturated heterocycles. The van der Waals surface area contributed by atoms with Crippen molar-refractivity contribution in [2.24, 2.45) is 0 Å². The SMILES string of the molecule is COC(=O)c1nc(Cn2nc(-c3ccc(Cl)cc3)n(C[C@H](O)C(F)(F)F)c2=O)nn1-c1c(C)cccc1C. The van der Waals surface area contributed by atoms with Crippen LogP contribution in [0.5, 0.6) is 0 Å². The van der Waals surface area contributed by atoms with Crippen LogP contribution in [-0.4, -0.2) is 59.6 Å². The number of para-hydroxylation sites is 1. The number of carbonyl (C=O) groups is 1. The van der Waals surface area contributed by atoms with Gasteiger partial charge in [0.1, 0.15) is 6.54 Å². The van der Waals surface area contributed by atoms with Crippen LogP contribution in [0.2, 0.25) is 5.02 Å². The molecule has 2 heterocycles. The van der Waals surface area contributed by atoms with Crippen molar-refractivity contribution in [1.82, 2.24) is 29.1 Å². The second-order valence-electron chi connectivity index (χ2n) is 8.43. The average Bonchev–Trinajstić information content (AvgIpc) is 3.40. The Labute approximate surface area is 218 Å². The number of benzene rings is 2. The Morgan fingerprint density at radius 1 is 1.11 bits per heavy atom. The van der Waals surface area contributed by atoms with Crippen molar-refractivity contribution in [3.05, 3.63) is 80.7 Å². The van der Waals surface area contributed by atoms with E-state index in [1.54, 1.807) is 0 Å². The van der Waals surface area contributed by atoms with E-state index in [0.717, 1.165) is 15.8 Å². The zero-order valence-corrected chi connectivity index (χ0v) is 21.2. The van der Waals surface area contributed by atoms with E-state index in [1.807, 2.05) is 32.0 Å². The van der Waals surface area contributed by atoms with E-state index < -0.39 is 30.5 Å². The number of aliphatic hydroxyl groups is 1. The number of halogens is 4. The predicted octanol–water partition coefficient (Wildman–Crippen LogP) is 3.32. The highest BCUT2D eigenvalue weighted by molar-refractivity contribution is 6.30. The Morgan fingerprint density at radius 3 is 2.32 bits per heavy atom. The van der Waals surface area contributed by atoms with Crippen molar-refractivity contribution in [3.8, 4) is 17.1 Å². The van der Waals surface area contributed by atoms with Crippen LogP contribution in [-0.2, 0) is 17.8 Å². The Kier molecular flexibility index (Phi) is 7.42. The normalized spacial score (nSPS) is 12.5. The van der Waals surface area contributed by atoms with Crippen molar-refractivity contribution in [2.75, 3.05) is 7.11 Å². The number of aliphatic hydroxyl groups excluding tert-OH is 1. The summed E-state index contributed by atoms with van der Waals surface area (Å²) < 4.78 is 47.0. The van der Waals surface area contributed by atoms with Gasteiger partial charge in [0.25, 0.3) is 0 Å². The maximum absolute atomic E-state index is 13.2. The number of esters is 1. The minimum absolute atomic E-state index is 0.0150. The molecule has 0 bridgehead atoms. The first-order chi connectivity index (χ1) is 17.9. The molecule has 14 heteroatoms. The first-order valence-corrected chi connectivity index (χ1v) is 11.6. The minimum atomic E-state index is -4.96. The summed E-state index contributed by atoms with van der Waals surface area (Å²) in [7, 11) is 1.18. The number of rotatable bonds is 7. The highest BCUT2D eigenvalue weighted by Gasteiger charge is 2.39. The number of ether oxygens (including phenoxy) is 1. The molecule has 2 aromatic carbocycles. The van der Waals surface area contributed by atoms with Crippen molar-refractivity contribution >= 4 is 17.6 Å². The molecule has 2 aromatic heterocycles. The van der Waals surface area contributed by atoms with Gasteiger partial charge < -0.3 is 9.84 Å². The van der Waals surface area contributed by atoms with Crippen LogP contribution in [0.3, 0.4) is 0 Å². The van der Waals surface area contributed by atoms with Crippen LogP contribution in [0, 0.1) is 13.8 Å². The molecule has 200 valence electrons. The largest absolute Gasteiger partial charge is 0.463 e. The molecular formula is C24H22ClF3N6O4. The number of aromatic nitrogens is 6. The van der Waals surface area contributed by atoms with Gasteiger partial charge in [-0.15, -0.1) is 10.2 Å². The summed E-state index contributed by atoms with van der Waals surface area (Å²) in [5.74, 6) is -1.08. The monoisotopic (exact) mass is 550 g/mol. The van der Waals surface area contributed by atoms with E-state index in [2.05, 4.69) is 15.2 Å². The highest BCUT2D eigenvalue weighted by atomic mass is 35.5. The number of methoxy groups -OCH3 is 1. The van der Waals surface area contributed by atoms with Crippen molar-refractivity contribution < 1.29 is 27.8 Å². The molecule has 0 amide bonds. The van der Waals surface area contributed by atoms with E-state index in [-0.39, 0.29) is 24.0 Å². The third-order valence-electron chi connectivity index (χ3n) is 5.72. The van der Waals surface area contributed by atoms with Crippen LogP contribution < -0.4 is 5.69 Å². The maximum Gasteiger partial charge on any atom is 0.416 e. The molecule has 38 heavy (non-hydrogen) atoms. The van der Waals surface area contributed by atoms with E-state index in [0.29, 0.717) is 20.8 Å². The van der Waals surface area contributed by atoms with Gasteiger partial charge in [0.05, 0.1) is 19.3 Å². The van der Waals surface area contributed by atoms with Gasteiger partial charge in [-0.05, 0) is 49.2 Å². The molecule has 0 aliphatic heterocycles. The fourth-order valence-corrected chi connectivity index (χ4v) is 4.00. The van der Waals surface area contributed by atoms with Crippen LogP contribution in [0.1, 0.15) is 27.6 Å². The predicted molar refractivity (Wildman–Crippen MR) is 130 cm³/mol. The standard InChI is InChI=1S/C24H22ClF3N6O4/c1-13-5-4-6-14(2)19(13)34-21(22(36)38-3)29-18(30-34)12-33-23(37)32(11-17(35)24(26,27)28)20(31-33)15-7-9-16(25)10-8-15/h4-10,17,35H,11-12H2,1-3H3/t17-/m0/s1. The molecule has 0 saturated carbocycles. The smallest absolute Gasteiger partial charge is 0.416 e. The third-order valence-corrected chi connectivity index (χ3v) is 5.97. The number of nitrogens with zero attached hydrogens (tertiary/aromatic N) is 6. The third kappa shape index (κ3) is 5.34. The van der Waals surface area contributed by atoms with E-state index in [4.69, 9.17) is 16.3 Å². The molecular weight excluding hydrogens is 529 g/mol. The fraction of sp³-hybridized carbons (Fsp3) is 0.292. The van der Waals surface area contributed by atoms with Crippen LogP contribution >= 0.6 is 11.6 Å². The van der Waals surface area contributed by atoms with Gasteiger partial charge in [0.2, 0.25) is 5.82 Å². The van der Waals surface area contributed by atoms with Gasteiger partial charge >= 0.3 is 17.8 Å². The number of hydrogen-bond acceptors (Lipinski definition) is 7. The molecule has 0 aliphatic rings. The van der Waals surface area contributed by atoms with E-state index in [9.17, 15) is 27.9 Å². The lowest BCUT2D eigenvalue weighted by molar-refractivity contribution is -0.207. The van der Waals surface area contributed by atoms with Crippen LogP contribution in [0.15, 0.2) is 47.3 Å². The molecule has 0 fully saturated rings. The van der Waals surface area contributed by atoms with Crippen molar-refractivity contribution in [3.63, 3.8) is 0 Å². The Bertz CT molecular complexity index is 1520. The van der Waals surface area contributed by atoms with E-state index in [1.165, 1.54) is 36.1 Å². The van der Waals surface area contributed by atoms with Crippen LogP contribution in [0.4, 0.5) is 13.2 Å². The molecule has 1 atom stereocenters. The minimum Gasteiger partial charge on any atom is -0.463 e. The summed E-state index contributed by atoms with van der Waals surface area (Å²) in [6.45, 7) is 2.18. The number of carbonyl (C=O) groups excluding carboxylic acids is 1. The zero-order chi connectivity index (χ0) is 27.8. The molecule has 4 rings (SSSR count). The number of aryl methyl sites for hydroxylation is 2. The summed E-state index contributed by atoms with van der Waals surface area (Å²) in [4.78, 5) is 29.9. The van der Waals surface area contributed by atoms with E-state index >= 15 is 0 Å². The van der Waals surface area contributed by atoms with Gasteiger partial charge in [-0.2, -0.15) is 13.2 Å². The van der Waals surface area contributed by atoms with Gasteiger partial charge in [-0.3, -0.25) is 4.57 Å². The highest BCUT2D eigenvalue weighted by Crippen LogP contribution is 2.24. The van der Waals surface area contributed by atoms with Crippen molar-refractivity contribution in [1.29, 1.82) is 0 Å². The Hall–Kier alpha value is -3.97. The number of alkyl halides is 3. The quantitative estimate of drug-likeness (QED) is 0.351. The second-order valence-corrected chi connectivity index (χ2v) is 8.87. The second kappa shape index (κ2) is 10.4. The summed E-state index contributed by atoms with van der Waals surface area (Å²) in [5.41, 5.74) is 1.52. The molecule has 0 radical (unpaired) electrons. The molecule has 4 aromatic rings. The zero-order valence-electron chi connectivity index (χ0n) is 20.4. The first-order valence-electron chi connectivity index (χ1n) is 11.2. The molecule has 0 aliphatic carbocycles. The summed E-state index contributed by atoms with van der Waals surface area (Å²) in [6.07, 6.45) is -7.77. The summed E-state index contributed by atoms with van der Waals surface area (Å²) >= 11 is 5.91. The first kappa shape index (κ1) is 27.1. The molecule has 0 unspecified atom stereocenters. The fourth-order valence-electron chi connectivity index (χ4n) is 3.87. The molecule has 1 N–H and O–H groups in total. The summed E-state index contributed by atoms with van der Waals surface area (Å²) in [6, 6.07) is 11.4. The molecule has 10 nitrogen and oxygen atoms in total. The average molecular weight is 551 g/mol.